The number of piperidine rings is 1. The van der Waals surface area contributed by atoms with Gasteiger partial charge in [-0.2, -0.15) is 0 Å². The number of halogens is 3. The molecule has 2 amide bonds. The summed E-state index contributed by atoms with van der Waals surface area (Å²) in [6, 6.07) is 12.9. The zero-order chi connectivity index (χ0) is 39.0. The highest BCUT2D eigenvalue weighted by Gasteiger charge is 2.54. The average molecular weight is 783 g/mol. The Morgan fingerprint density at radius 2 is 1.69 bits per heavy atom. The molecule has 296 valence electrons. The lowest BCUT2D eigenvalue weighted by Crippen LogP contribution is -2.65. The van der Waals surface area contributed by atoms with Gasteiger partial charge in [-0.15, -0.1) is 0 Å². The van der Waals surface area contributed by atoms with Crippen LogP contribution < -0.4 is 15.5 Å². The number of anilines is 1. The number of hydrogen-bond donors (Lipinski definition) is 2. The monoisotopic (exact) mass is 782 g/mol. The third-order valence-electron chi connectivity index (χ3n) is 12.3. The van der Waals surface area contributed by atoms with Gasteiger partial charge in [-0.1, -0.05) is 18.6 Å². The Kier molecular flexibility index (Phi) is 11.2. The molecule has 3 aromatic rings. The summed E-state index contributed by atoms with van der Waals surface area (Å²) in [4.78, 5) is 33.9. The lowest BCUT2D eigenvalue weighted by atomic mass is 9.57. The summed E-state index contributed by atoms with van der Waals surface area (Å²) in [6.45, 7) is 4.12. The molecule has 55 heavy (non-hydrogen) atoms. The lowest BCUT2D eigenvalue weighted by molar-refractivity contribution is 0.00575. The average Bonchev–Trinajstić information content (AvgIpc) is 3.62. The SMILES string of the molecule is CNC(=O)c1ccc(S(=O)(=O)c2ccc(N3CC(F)(CN4CCC([C@@](CN5CCC5)(c5cccc(F)c5)[C@H]5CCC[C@@H]5NC(=O)OC)CC4)C3)c(F)c2)cn1. The molecule has 3 saturated heterocycles. The van der Waals surface area contributed by atoms with Crippen LogP contribution in [0.4, 0.5) is 23.7 Å². The standard InChI is InChI=1S/C40H49F3N6O5S/c1-44-37(50)35-12-10-31(22-45-35)55(52,53)30-11-13-36(33(42)21-30)49-24-39(43,25-49)23-48-18-14-27(15-19-48)40(26-47-16-5-17-47,28-6-3-7-29(41)20-28)32-8-4-9-34(32)46-38(51)54-2/h3,6-7,10-13,20-22,27,32,34H,4-5,8-9,14-19,23-26H2,1-2H3,(H,44,50)(H,46,51)/t32-,34-,40-/m0/s1. The van der Waals surface area contributed by atoms with Gasteiger partial charge in [-0.25, -0.2) is 31.4 Å². The number of nitrogens with zero attached hydrogens (tertiary/aromatic N) is 4. The van der Waals surface area contributed by atoms with Crippen LogP contribution in [0.15, 0.2) is 70.6 Å². The molecular formula is C40H49F3N6O5S. The van der Waals surface area contributed by atoms with Crippen molar-refractivity contribution in [2.45, 2.75) is 65.4 Å². The Labute approximate surface area is 320 Å². The summed E-state index contributed by atoms with van der Waals surface area (Å²) in [5, 5.41) is 5.52. The zero-order valence-electron chi connectivity index (χ0n) is 31.3. The first-order valence-corrected chi connectivity index (χ1v) is 20.6. The van der Waals surface area contributed by atoms with Crippen LogP contribution in [0.25, 0.3) is 0 Å². The Balaban J connectivity index is 1.03. The van der Waals surface area contributed by atoms with Gasteiger partial charge in [0.05, 0.1) is 35.7 Å². The van der Waals surface area contributed by atoms with Gasteiger partial charge in [0.25, 0.3) is 5.91 Å². The fourth-order valence-corrected chi connectivity index (χ4v) is 10.7. The van der Waals surface area contributed by atoms with E-state index in [1.807, 2.05) is 6.07 Å². The van der Waals surface area contributed by atoms with Crippen molar-refractivity contribution in [1.82, 2.24) is 25.4 Å². The number of nitrogens with one attached hydrogen (secondary N) is 2. The summed E-state index contributed by atoms with van der Waals surface area (Å²) in [5.41, 5.74) is -0.891. The molecule has 0 radical (unpaired) electrons. The molecule has 7 rings (SSSR count). The van der Waals surface area contributed by atoms with Crippen LogP contribution in [0.3, 0.4) is 0 Å². The molecule has 2 N–H and O–H groups in total. The maximum Gasteiger partial charge on any atom is 0.407 e. The maximum atomic E-state index is 16.2. The number of methoxy groups -OCH3 is 1. The number of likely N-dealkylation sites (tertiary alicyclic amines) is 2. The van der Waals surface area contributed by atoms with Gasteiger partial charge >= 0.3 is 6.09 Å². The Hall–Kier alpha value is -4.21. The van der Waals surface area contributed by atoms with Gasteiger partial charge in [0, 0.05) is 37.8 Å². The van der Waals surface area contributed by atoms with Crippen molar-refractivity contribution in [3.05, 3.63) is 83.7 Å². The molecule has 0 bridgehead atoms. The number of pyridine rings is 1. The molecular weight excluding hydrogens is 734 g/mol. The van der Waals surface area contributed by atoms with Crippen LogP contribution in [0.2, 0.25) is 0 Å². The number of amides is 2. The zero-order valence-corrected chi connectivity index (χ0v) is 32.1. The van der Waals surface area contributed by atoms with E-state index in [0.717, 1.165) is 76.0 Å². The first-order valence-electron chi connectivity index (χ1n) is 19.1. The number of benzene rings is 2. The van der Waals surface area contributed by atoms with E-state index in [1.165, 1.54) is 44.5 Å². The quantitative estimate of drug-likeness (QED) is 0.263. The highest BCUT2D eigenvalue weighted by Crippen LogP contribution is 2.52. The minimum Gasteiger partial charge on any atom is -0.453 e. The second kappa shape index (κ2) is 15.7. The molecule has 2 aromatic carbocycles. The number of alkyl carbamates (subject to hydrolysis) is 1. The molecule has 1 aliphatic carbocycles. The summed E-state index contributed by atoms with van der Waals surface area (Å²) < 4.78 is 78.0. The van der Waals surface area contributed by atoms with Crippen molar-refractivity contribution >= 4 is 27.5 Å². The fourth-order valence-electron chi connectivity index (χ4n) is 9.50. The topological polar surface area (TPSA) is 124 Å². The van der Waals surface area contributed by atoms with Crippen LogP contribution in [-0.4, -0.2) is 113 Å². The van der Waals surface area contributed by atoms with Crippen molar-refractivity contribution in [3.8, 4) is 0 Å². The predicted octanol–water partition coefficient (Wildman–Crippen LogP) is 4.96. The maximum absolute atomic E-state index is 16.2. The largest absolute Gasteiger partial charge is 0.453 e. The Morgan fingerprint density at radius 3 is 2.31 bits per heavy atom. The summed E-state index contributed by atoms with van der Waals surface area (Å²) in [5.74, 6) is -1.29. The van der Waals surface area contributed by atoms with E-state index in [2.05, 4.69) is 25.4 Å². The summed E-state index contributed by atoms with van der Waals surface area (Å²) in [6.07, 6.45) is 5.93. The highest BCUT2D eigenvalue weighted by molar-refractivity contribution is 7.91. The molecule has 15 heteroatoms. The van der Waals surface area contributed by atoms with E-state index >= 15 is 8.78 Å². The normalized spacial score (nSPS) is 23.0. The molecule has 1 saturated carbocycles. The molecule has 0 unspecified atom stereocenters. The number of rotatable bonds is 12. The van der Waals surface area contributed by atoms with Gasteiger partial charge in [0.1, 0.15) is 17.3 Å². The van der Waals surface area contributed by atoms with E-state index in [9.17, 15) is 22.4 Å². The van der Waals surface area contributed by atoms with Gasteiger partial charge in [-0.05, 0) is 118 Å². The fraction of sp³-hybridized carbons (Fsp3) is 0.525. The Bertz CT molecular complexity index is 1990. The third-order valence-corrected chi connectivity index (χ3v) is 14.0. The number of sulfone groups is 1. The van der Waals surface area contributed by atoms with Gasteiger partial charge < -0.3 is 25.2 Å². The van der Waals surface area contributed by atoms with E-state index in [-0.39, 0.29) is 64.5 Å². The number of hydrogen-bond acceptors (Lipinski definition) is 9. The molecule has 4 heterocycles. The van der Waals surface area contributed by atoms with E-state index in [1.54, 1.807) is 17.0 Å². The molecule has 3 aliphatic heterocycles. The number of ether oxygens (including phenoxy) is 1. The number of carbonyl (C=O) groups excluding carboxylic acids is 2. The molecule has 4 aliphatic rings. The summed E-state index contributed by atoms with van der Waals surface area (Å²) in [7, 11) is -1.32. The summed E-state index contributed by atoms with van der Waals surface area (Å²) >= 11 is 0. The molecule has 4 fully saturated rings. The van der Waals surface area contributed by atoms with Crippen molar-refractivity contribution in [3.63, 3.8) is 0 Å². The molecule has 1 aromatic heterocycles. The van der Waals surface area contributed by atoms with Crippen molar-refractivity contribution in [1.29, 1.82) is 0 Å². The minimum atomic E-state index is -4.12. The highest BCUT2D eigenvalue weighted by atomic mass is 32.2. The van der Waals surface area contributed by atoms with Crippen LogP contribution in [0.5, 0.6) is 0 Å². The van der Waals surface area contributed by atoms with Crippen LogP contribution in [-0.2, 0) is 20.0 Å². The first-order chi connectivity index (χ1) is 26.3. The van der Waals surface area contributed by atoms with Gasteiger partial charge in [0.2, 0.25) is 9.84 Å². The van der Waals surface area contributed by atoms with Crippen molar-refractivity contribution in [2.75, 3.05) is 71.4 Å². The number of alkyl halides is 1. The second-order valence-electron chi connectivity index (χ2n) is 15.6. The van der Waals surface area contributed by atoms with Gasteiger partial charge in [0.15, 0.2) is 5.67 Å². The van der Waals surface area contributed by atoms with Gasteiger partial charge in [-0.3, -0.25) is 9.69 Å². The molecule has 0 spiro atoms. The first kappa shape index (κ1) is 39.0. The van der Waals surface area contributed by atoms with Crippen molar-refractivity contribution in [2.24, 2.45) is 11.8 Å². The lowest BCUT2D eigenvalue weighted by Gasteiger charge is -2.54. The smallest absolute Gasteiger partial charge is 0.407 e. The third kappa shape index (κ3) is 7.79. The number of aromatic nitrogens is 1. The number of carbonyl (C=O) groups is 2. The van der Waals surface area contributed by atoms with E-state index in [0.29, 0.717) is 13.1 Å². The van der Waals surface area contributed by atoms with Crippen LogP contribution in [0, 0.1) is 23.5 Å². The Morgan fingerprint density at radius 1 is 0.945 bits per heavy atom. The van der Waals surface area contributed by atoms with Crippen LogP contribution in [0.1, 0.15) is 54.6 Å². The van der Waals surface area contributed by atoms with Crippen molar-refractivity contribution < 1.29 is 35.9 Å². The van der Waals surface area contributed by atoms with Crippen LogP contribution >= 0.6 is 0 Å². The molecule has 11 nitrogen and oxygen atoms in total. The van der Waals surface area contributed by atoms with E-state index in [4.69, 9.17) is 4.74 Å². The minimum absolute atomic E-state index is 0.0358. The predicted molar refractivity (Wildman–Crippen MR) is 200 cm³/mol. The second-order valence-corrected chi connectivity index (χ2v) is 17.5. The molecule has 3 atom stereocenters. The van der Waals surface area contributed by atoms with E-state index < -0.39 is 38.7 Å².